The first-order valence-corrected chi connectivity index (χ1v) is 9.69. The van der Waals surface area contributed by atoms with E-state index in [9.17, 15) is 9.59 Å². The summed E-state index contributed by atoms with van der Waals surface area (Å²) in [5, 5.41) is 3.53. The highest BCUT2D eigenvalue weighted by atomic mass is 35.5. The van der Waals surface area contributed by atoms with Crippen molar-refractivity contribution in [2.75, 3.05) is 31.1 Å². The molecule has 0 saturated carbocycles. The van der Waals surface area contributed by atoms with Crippen molar-refractivity contribution in [3.63, 3.8) is 0 Å². The van der Waals surface area contributed by atoms with E-state index in [1.807, 2.05) is 6.07 Å². The van der Waals surface area contributed by atoms with Gasteiger partial charge in [0.15, 0.2) is 5.58 Å². The molecule has 2 aromatic rings. The molecule has 1 aliphatic rings. The maximum absolute atomic E-state index is 12.3. The summed E-state index contributed by atoms with van der Waals surface area (Å²) in [4.78, 5) is 30.1. The quantitative estimate of drug-likeness (QED) is 0.574. The van der Waals surface area contributed by atoms with Crippen molar-refractivity contribution in [2.24, 2.45) is 5.92 Å². The number of hydrogen-bond acceptors (Lipinski definition) is 6. The first-order chi connectivity index (χ1) is 13.1. The fourth-order valence-electron chi connectivity index (χ4n) is 3.18. The normalized spacial score (nSPS) is 15.1. The number of ether oxygens (including phenoxy) is 1. The molecule has 0 aliphatic carbocycles. The Morgan fingerprint density at radius 1 is 1.37 bits per heavy atom. The summed E-state index contributed by atoms with van der Waals surface area (Å²) in [6.45, 7) is 4.08. The summed E-state index contributed by atoms with van der Waals surface area (Å²) in [5.74, 6) is -0.204. The fourth-order valence-corrected chi connectivity index (χ4v) is 3.34. The van der Waals surface area contributed by atoms with E-state index in [4.69, 9.17) is 20.8 Å². The summed E-state index contributed by atoms with van der Waals surface area (Å²) in [7, 11) is 0. The van der Waals surface area contributed by atoms with Gasteiger partial charge in [0.1, 0.15) is 5.52 Å². The number of piperidine rings is 1. The number of nitrogens with zero attached hydrogens (tertiary/aromatic N) is 2. The molecule has 1 N–H and O–H groups in total. The van der Waals surface area contributed by atoms with Gasteiger partial charge in [-0.25, -0.2) is 0 Å². The minimum Gasteiger partial charge on any atom is -0.466 e. The van der Waals surface area contributed by atoms with Gasteiger partial charge in [-0.1, -0.05) is 11.6 Å². The second-order valence-electron chi connectivity index (χ2n) is 6.57. The van der Waals surface area contributed by atoms with Crippen LogP contribution in [0, 0.1) is 5.92 Å². The van der Waals surface area contributed by atoms with Crippen LogP contribution >= 0.6 is 11.6 Å². The summed E-state index contributed by atoms with van der Waals surface area (Å²) >= 11 is 5.98. The molecular weight excluding hydrogens is 370 g/mol. The van der Waals surface area contributed by atoms with Gasteiger partial charge in [-0.15, -0.1) is 0 Å². The van der Waals surface area contributed by atoms with E-state index in [0.29, 0.717) is 55.7 Å². The van der Waals surface area contributed by atoms with Crippen molar-refractivity contribution in [1.82, 2.24) is 10.3 Å². The molecular formula is C19H24ClN3O4. The lowest BCUT2D eigenvalue weighted by atomic mass is 9.96. The van der Waals surface area contributed by atoms with Crippen LogP contribution in [0.25, 0.3) is 11.1 Å². The van der Waals surface area contributed by atoms with Crippen molar-refractivity contribution >= 4 is 40.6 Å². The lowest BCUT2D eigenvalue weighted by molar-refractivity contribution is -0.143. The van der Waals surface area contributed by atoms with E-state index in [2.05, 4.69) is 15.2 Å². The lowest BCUT2D eigenvalue weighted by Gasteiger charge is -2.30. The molecule has 1 aromatic heterocycles. The molecule has 8 heteroatoms. The van der Waals surface area contributed by atoms with Gasteiger partial charge in [-0.2, -0.15) is 4.98 Å². The Labute approximate surface area is 163 Å². The third kappa shape index (κ3) is 5.13. The molecule has 2 heterocycles. The number of rotatable bonds is 7. The van der Waals surface area contributed by atoms with Gasteiger partial charge in [0.25, 0.3) is 6.01 Å². The topological polar surface area (TPSA) is 84.7 Å². The third-order valence-corrected chi connectivity index (χ3v) is 4.87. The Morgan fingerprint density at radius 2 is 2.15 bits per heavy atom. The number of oxazole rings is 1. The number of amides is 1. The van der Waals surface area contributed by atoms with Gasteiger partial charge in [0.05, 0.1) is 6.61 Å². The SMILES string of the molecule is CCOC(=O)CCCNC(=O)C1CCN(c2nc3ccc(Cl)cc3o2)CC1. The van der Waals surface area contributed by atoms with E-state index in [-0.39, 0.29) is 17.8 Å². The van der Waals surface area contributed by atoms with Gasteiger partial charge in [-0.05, 0) is 38.3 Å². The first kappa shape index (κ1) is 19.5. The number of fused-ring (bicyclic) bond motifs is 1. The predicted octanol–water partition coefficient (Wildman–Crippen LogP) is 3.16. The average Bonchev–Trinajstić information content (AvgIpc) is 3.08. The fraction of sp³-hybridized carbons (Fsp3) is 0.526. The number of hydrogen-bond donors (Lipinski definition) is 1. The maximum atomic E-state index is 12.3. The highest BCUT2D eigenvalue weighted by Crippen LogP contribution is 2.28. The van der Waals surface area contributed by atoms with Crippen LogP contribution in [0.4, 0.5) is 6.01 Å². The van der Waals surface area contributed by atoms with Crippen molar-refractivity contribution in [1.29, 1.82) is 0 Å². The number of benzene rings is 1. The van der Waals surface area contributed by atoms with Crippen molar-refractivity contribution in [2.45, 2.75) is 32.6 Å². The van der Waals surface area contributed by atoms with Crippen molar-refractivity contribution in [3.05, 3.63) is 23.2 Å². The number of aromatic nitrogens is 1. The highest BCUT2D eigenvalue weighted by Gasteiger charge is 2.27. The second kappa shape index (κ2) is 9.08. The molecule has 1 aliphatic heterocycles. The summed E-state index contributed by atoms with van der Waals surface area (Å²) in [6.07, 6.45) is 2.40. The van der Waals surface area contributed by atoms with Crippen LogP contribution in [-0.4, -0.2) is 43.1 Å². The molecule has 7 nitrogen and oxygen atoms in total. The Morgan fingerprint density at radius 3 is 2.89 bits per heavy atom. The van der Waals surface area contributed by atoms with Gasteiger partial charge >= 0.3 is 5.97 Å². The molecule has 1 fully saturated rings. The molecule has 27 heavy (non-hydrogen) atoms. The molecule has 146 valence electrons. The first-order valence-electron chi connectivity index (χ1n) is 9.31. The molecule has 1 saturated heterocycles. The molecule has 3 rings (SSSR count). The van der Waals surface area contributed by atoms with Gasteiger partial charge in [0.2, 0.25) is 5.91 Å². The van der Waals surface area contributed by atoms with E-state index in [0.717, 1.165) is 18.4 Å². The Bertz CT molecular complexity index is 799. The largest absolute Gasteiger partial charge is 0.466 e. The Balaban J connectivity index is 1.44. The Kier molecular flexibility index (Phi) is 6.55. The number of carbonyl (C=O) groups is 2. The third-order valence-electron chi connectivity index (χ3n) is 4.64. The van der Waals surface area contributed by atoms with Crippen LogP contribution in [0.3, 0.4) is 0 Å². The summed E-state index contributed by atoms with van der Waals surface area (Å²) in [5.41, 5.74) is 1.44. The van der Waals surface area contributed by atoms with Gasteiger partial charge in [-0.3, -0.25) is 9.59 Å². The highest BCUT2D eigenvalue weighted by molar-refractivity contribution is 6.31. The molecule has 1 amide bonds. The average molecular weight is 394 g/mol. The smallest absolute Gasteiger partial charge is 0.305 e. The Hall–Kier alpha value is -2.28. The van der Waals surface area contributed by atoms with E-state index in [1.165, 1.54) is 0 Å². The van der Waals surface area contributed by atoms with Crippen LogP contribution in [0.1, 0.15) is 32.6 Å². The van der Waals surface area contributed by atoms with Gasteiger partial charge < -0.3 is 19.4 Å². The van der Waals surface area contributed by atoms with Crippen LogP contribution < -0.4 is 10.2 Å². The molecule has 0 bridgehead atoms. The minimum absolute atomic E-state index is 0.0253. The second-order valence-corrected chi connectivity index (χ2v) is 7.01. The number of carbonyl (C=O) groups excluding carboxylic acids is 2. The van der Waals surface area contributed by atoms with Crippen LogP contribution in [0.15, 0.2) is 22.6 Å². The van der Waals surface area contributed by atoms with E-state index < -0.39 is 0 Å². The molecule has 1 aromatic carbocycles. The van der Waals surface area contributed by atoms with Gasteiger partial charge in [0, 0.05) is 43.1 Å². The predicted molar refractivity (Wildman–Crippen MR) is 103 cm³/mol. The standard InChI is InChI=1S/C19H24ClN3O4/c1-2-26-17(24)4-3-9-21-18(25)13-7-10-23(11-8-13)19-22-15-6-5-14(20)12-16(15)27-19/h5-6,12-13H,2-4,7-11H2,1H3,(H,21,25). The van der Waals surface area contributed by atoms with E-state index in [1.54, 1.807) is 19.1 Å². The molecule has 0 spiro atoms. The molecule has 0 radical (unpaired) electrons. The molecule has 0 atom stereocenters. The molecule has 0 unspecified atom stereocenters. The zero-order chi connectivity index (χ0) is 19.2. The van der Waals surface area contributed by atoms with Crippen molar-refractivity contribution < 1.29 is 18.7 Å². The zero-order valence-corrected chi connectivity index (χ0v) is 16.1. The summed E-state index contributed by atoms with van der Waals surface area (Å²) in [6, 6.07) is 5.94. The van der Waals surface area contributed by atoms with Crippen LogP contribution in [-0.2, 0) is 14.3 Å². The number of esters is 1. The zero-order valence-electron chi connectivity index (χ0n) is 15.4. The van der Waals surface area contributed by atoms with Crippen LogP contribution in [0.5, 0.6) is 0 Å². The number of nitrogens with one attached hydrogen (secondary N) is 1. The van der Waals surface area contributed by atoms with Crippen molar-refractivity contribution in [3.8, 4) is 0 Å². The van der Waals surface area contributed by atoms with Crippen LogP contribution in [0.2, 0.25) is 5.02 Å². The minimum atomic E-state index is -0.223. The maximum Gasteiger partial charge on any atom is 0.305 e. The number of anilines is 1. The lowest BCUT2D eigenvalue weighted by Crippen LogP contribution is -2.41. The van der Waals surface area contributed by atoms with E-state index >= 15 is 0 Å². The summed E-state index contributed by atoms with van der Waals surface area (Å²) < 4.78 is 10.7. The monoisotopic (exact) mass is 393 g/mol. The number of halogens is 1.